The Balaban J connectivity index is 1.53. The summed E-state index contributed by atoms with van der Waals surface area (Å²) < 4.78 is 11.0. The van der Waals surface area contributed by atoms with E-state index in [9.17, 15) is 4.79 Å². The maximum atomic E-state index is 12.2. The second-order valence-electron chi connectivity index (χ2n) is 8.02. The van der Waals surface area contributed by atoms with Crippen LogP contribution in [0.25, 0.3) is 0 Å². The summed E-state index contributed by atoms with van der Waals surface area (Å²) in [5.74, 6) is 0.902. The molecule has 2 aliphatic rings. The van der Waals surface area contributed by atoms with Gasteiger partial charge in [-0.3, -0.25) is 0 Å². The van der Waals surface area contributed by atoms with E-state index in [-0.39, 0.29) is 6.09 Å². The van der Waals surface area contributed by atoms with Crippen LogP contribution in [0, 0.1) is 5.92 Å². The average molecular weight is 331 g/mol. The number of nitrogens with one attached hydrogen (secondary N) is 1. The quantitative estimate of drug-likeness (QED) is 0.817. The van der Waals surface area contributed by atoms with Gasteiger partial charge in [0.15, 0.2) is 0 Å². The van der Waals surface area contributed by atoms with Crippen LogP contribution in [0.3, 0.4) is 0 Å². The number of benzene rings is 1. The summed E-state index contributed by atoms with van der Waals surface area (Å²) in [5.41, 5.74) is 1.91. The summed E-state index contributed by atoms with van der Waals surface area (Å²) in [7, 11) is 0. The molecule has 1 heterocycles. The van der Waals surface area contributed by atoms with E-state index in [2.05, 4.69) is 37.4 Å². The van der Waals surface area contributed by atoms with E-state index in [1.807, 2.05) is 19.9 Å². The minimum atomic E-state index is -0.459. The first-order valence-corrected chi connectivity index (χ1v) is 9.06. The highest BCUT2D eigenvalue weighted by molar-refractivity contribution is 5.68. The van der Waals surface area contributed by atoms with Gasteiger partial charge in [-0.15, -0.1) is 0 Å². The number of carbonyl (C=O) groups is 1. The minimum absolute atomic E-state index is 0.339. The number of alkyl carbamates (subject to hydrolysis) is 1. The number of fused-ring (bicyclic) bond motifs is 1. The molecule has 3 atom stereocenters. The number of hydrogen-bond acceptors (Lipinski definition) is 3. The molecule has 1 aromatic carbocycles. The standard InChI is InChI=1S/C20H29NO3/c1-13(2)15-6-5-7-16(11-15)20(3,4)21-19(22)23-12-14-8-9-17-18(10-14)24-17/h5-7,11,13-14,17-18H,8-10,12H2,1-4H3,(H,21,22). The molecule has 1 amide bonds. The maximum absolute atomic E-state index is 12.2. The van der Waals surface area contributed by atoms with Crippen LogP contribution in [-0.2, 0) is 15.0 Å². The molecule has 1 aromatic rings. The molecule has 0 bridgehead atoms. The van der Waals surface area contributed by atoms with Gasteiger partial charge in [0.1, 0.15) is 0 Å². The molecule has 3 unspecified atom stereocenters. The Morgan fingerprint density at radius 1 is 1.33 bits per heavy atom. The predicted molar refractivity (Wildman–Crippen MR) is 94.0 cm³/mol. The predicted octanol–water partition coefficient (Wildman–Crippen LogP) is 4.34. The fourth-order valence-corrected chi connectivity index (χ4v) is 3.48. The zero-order valence-electron chi connectivity index (χ0n) is 15.2. The molecule has 1 aliphatic carbocycles. The fraction of sp³-hybridized carbons (Fsp3) is 0.650. The van der Waals surface area contributed by atoms with Gasteiger partial charge in [-0.25, -0.2) is 4.79 Å². The zero-order chi connectivity index (χ0) is 17.3. The van der Waals surface area contributed by atoms with Crippen molar-refractivity contribution in [2.75, 3.05) is 6.61 Å². The molecule has 1 N–H and O–H groups in total. The van der Waals surface area contributed by atoms with E-state index < -0.39 is 5.54 Å². The summed E-state index contributed by atoms with van der Waals surface area (Å²) in [4.78, 5) is 12.2. The summed E-state index contributed by atoms with van der Waals surface area (Å²) in [6.07, 6.45) is 3.79. The highest BCUT2D eigenvalue weighted by atomic mass is 16.6. The zero-order valence-corrected chi connectivity index (χ0v) is 15.2. The van der Waals surface area contributed by atoms with Gasteiger partial charge < -0.3 is 14.8 Å². The van der Waals surface area contributed by atoms with Crippen molar-refractivity contribution in [1.82, 2.24) is 5.32 Å². The third-order valence-corrected chi connectivity index (χ3v) is 5.25. The molecule has 1 saturated carbocycles. The highest BCUT2D eigenvalue weighted by Gasteiger charge is 2.44. The van der Waals surface area contributed by atoms with Crippen LogP contribution in [0.15, 0.2) is 24.3 Å². The first-order chi connectivity index (χ1) is 11.3. The lowest BCUT2D eigenvalue weighted by molar-refractivity contribution is 0.110. The van der Waals surface area contributed by atoms with E-state index in [1.54, 1.807) is 0 Å². The normalized spacial score (nSPS) is 26.0. The Morgan fingerprint density at radius 2 is 2.12 bits per heavy atom. The maximum Gasteiger partial charge on any atom is 0.407 e. The molecule has 0 spiro atoms. The third kappa shape index (κ3) is 4.10. The Kier molecular flexibility index (Phi) is 4.86. The van der Waals surface area contributed by atoms with Crippen molar-refractivity contribution in [2.45, 2.75) is 70.6 Å². The van der Waals surface area contributed by atoms with Gasteiger partial charge in [0.25, 0.3) is 0 Å². The van der Waals surface area contributed by atoms with Crippen molar-refractivity contribution in [3.63, 3.8) is 0 Å². The summed E-state index contributed by atoms with van der Waals surface area (Å²) >= 11 is 0. The van der Waals surface area contributed by atoms with Gasteiger partial charge in [-0.2, -0.15) is 0 Å². The minimum Gasteiger partial charge on any atom is -0.449 e. The van der Waals surface area contributed by atoms with Crippen LogP contribution >= 0.6 is 0 Å². The lowest BCUT2D eigenvalue weighted by atomic mass is 9.90. The van der Waals surface area contributed by atoms with E-state index in [1.165, 1.54) is 5.56 Å². The van der Waals surface area contributed by atoms with Crippen LogP contribution in [0.2, 0.25) is 0 Å². The van der Waals surface area contributed by atoms with Crippen molar-refractivity contribution in [1.29, 1.82) is 0 Å². The van der Waals surface area contributed by atoms with Crippen molar-refractivity contribution in [3.05, 3.63) is 35.4 Å². The van der Waals surface area contributed by atoms with Crippen molar-refractivity contribution >= 4 is 6.09 Å². The Labute approximate surface area is 144 Å². The molecular formula is C20H29NO3. The third-order valence-electron chi connectivity index (χ3n) is 5.25. The number of carbonyl (C=O) groups excluding carboxylic acids is 1. The molecule has 132 valence electrons. The van der Waals surface area contributed by atoms with Crippen LogP contribution < -0.4 is 5.32 Å². The van der Waals surface area contributed by atoms with Gasteiger partial charge >= 0.3 is 6.09 Å². The number of epoxide rings is 1. The van der Waals surface area contributed by atoms with Gasteiger partial charge in [0.2, 0.25) is 0 Å². The second-order valence-corrected chi connectivity index (χ2v) is 8.02. The molecule has 4 heteroatoms. The monoisotopic (exact) mass is 331 g/mol. The largest absolute Gasteiger partial charge is 0.449 e. The van der Waals surface area contributed by atoms with Gasteiger partial charge in [-0.1, -0.05) is 38.1 Å². The van der Waals surface area contributed by atoms with E-state index in [4.69, 9.17) is 9.47 Å². The number of ether oxygens (including phenoxy) is 2. The molecule has 0 aromatic heterocycles. The molecule has 1 saturated heterocycles. The summed E-state index contributed by atoms with van der Waals surface area (Å²) in [5, 5.41) is 3.01. The van der Waals surface area contributed by atoms with Gasteiger partial charge in [-0.05, 0) is 56.1 Å². The molecule has 0 radical (unpaired) electrons. The number of rotatable bonds is 5. The van der Waals surface area contributed by atoms with Gasteiger partial charge in [0, 0.05) is 0 Å². The van der Waals surface area contributed by atoms with Crippen molar-refractivity contribution in [2.24, 2.45) is 5.92 Å². The molecule has 3 rings (SSSR count). The first kappa shape index (κ1) is 17.3. The SMILES string of the molecule is CC(C)c1cccc(C(C)(C)NC(=O)OCC2CCC3OC3C2)c1. The van der Waals surface area contributed by atoms with Crippen LogP contribution in [-0.4, -0.2) is 24.9 Å². The fourth-order valence-electron chi connectivity index (χ4n) is 3.48. The molecule has 2 fully saturated rings. The first-order valence-electron chi connectivity index (χ1n) is 9.06. The van der Waals surface area contributed by atoms with E-state index in [0.717, 1.165) is 24.8 Å². The average Bonchev–Trinajstić information content (AvgIpc) is 3.31. The van der Waals surface area contributed by atoms with E-state index >= 15 is 0 Å². The number of amides is 1. The lowest BCUT2D eigenvalue weighted by Crippen LogP contribution is -2.42. The second kappa shape index (κ2) is 6.75. The van der Waals surface area contributed by atoms with Crippen molar-refractivity contribution in [3.8, 4) is 0 Å². The molecule has 4 nitrogen and oxygen atoms in total. The van der Waals surface area contributed by atoms with E-state index in [0.29, 0.717) is 30.7 Å². The van der Waals surface area contributed by atoms with Gasteiger partial charge in [0.05, 0.1) is 24.4 Å². The number of hydrogen-bond donors (Lipinski definition) is 1. The summed E-state index contributed by atoms with van der Waals surface area (Å²) in [6, 6.07) is 8.39. The smallest absolute Gasteiger partial charge is 0.407 e. The summed E-state index contributed by atoms with van der Waals surface area (Å²) in [6.45, 7) is 8.85. The topological polar surface area (TPSA) is 50.9 Å². The molecular weight excluding hydrogens is 302 g/mol. The molecule has 24 heavy (non-hydrogen) atoms. The Hall–Kier alpha value is -1.55. The Morgan fingerprint density at radius 3 is 2.83 bits per heavy atom. The van der Waals surface area contributed by atoms with Crippen LogP contribution in [0.5, 0.6) is 0 Å². The Bertz CT molecular complexity index is 596. The van der Waals surface area contributed by atoms with Crippen LogP contribution in [0.4, 0.5) is 4.79 Å². The highest BCUT2D eigenvalue weighted by Crippen LogP contribution is 2.39. The van der Waals surface area contributed by atoms with Crippen LogP contribution in [0.1, 0.15) is 64.0 Å². The lowest BCUT2D eigenvalue weighted by Gasteiger charge is -2.28. The molecule has 1 aliphatic heterocycles. The van der Waals surface area contributed by atoms with Crippen molar-refractivity contribution < 1.29 is 14.3 Å².